The maximum Gasteiger partial charge on any atom is 0.293 e. The predicted octanol–water partition coefficient (Wildman–Crippen LogP) is 1.80. The first-order valence-corrected chi connectivity index (χ1v) is 8.82. The van der Waals surface area contributed by atoms with Crippen molar-refractivity contribution < 1.29 is 24.4 Å². The van der Waals surface area contributed by atoms with E-state index in [-0.39, 0.29) is 34.6 Å². The van der Waals surface area contributed by atoms with E-state index in [1.807, 2.05) is 18.7 Å². The molecule has 2 aromatic rings. The van der Waals surface area contributed by atoms with Crippen molar-refractivity contribution >= 4 is 23.1 Å². The van der Waals surface area contributed by atoms with E-state index in [9.17, 15) is 24.8 Å². The van der Waals surface area contributed by atoms with Crippen LogP contribution in [0.15, 0.2) is 42.5 Å². The number of hydrogen-bond donors (Lipinski definition) is 0. The molecule has 0 radical (unpaired) electrons. The van der Waals surface area contributed by atoms with Crippen LogP contribution in [0.1, 0.15) is 40.1 Å². The number of morpholine rings is 1. The highest BCUT2D eigenvalue weighted by Crippen LogP contribution is 2.32. The van der Waals surface area contributed by atoms with Gasteiger partial charge in [0.25, 0.3) is 5.69 Å². The molecular weight excluding hydrogens is 364 g/mol. The number of carbonyl (C=O) groups is 2. The van der Waals surface area contributed by atoms with Crippen LogP contribution in [0.4, 0.5) is 11.4 Å². The van der Waals surface area contributed by atoms with Gasteiger partial charge in [-0.3, -0.25) is 14.9 Å². The predicted molar refractivity (Wildman–Crippen MR) is 99.5 cm³/mol. The summed E-state index contributed by atoms with van der Waals surface area (Å²) in [6.07, 6.45) is -0.167. The van der Waals surface area contributed by atoms with E-state index in [2.05, 4.69) is 0 Å². The summed E-state index contributed by atoms with van der Waals surface area (Å²) in [6.45, 7) is 4.77. The van der Waals surface area contributed by atoms with Crippen molar-refractivity contribution in [2.45, 2.75) is 26.1 Å². The fraction of sp³-hybridized carbons (Fsp3) is 0.300. The normalized spacial score (nSPS) is 19.3. The van der Waals surface area contributed by atoms with Crippen molar-refractivity contribution in [2.24, 2.45) is 0 Å². The number of nitro benzene ring substituents is 1. The fourth-order valence-corrected chi connectivity index (χ4v) is 3.47. The number of nitrogens with zero attached hydrogens (tertiary/aromatic N) is 2. The summed E-state index contributed by atoms with van der Waals surface area (Å²) in [7, 11) is 0. The molecule has 1 fully saturated rings. The molecule has 0 amide bonds. The van der Waals surface area contributed by atoms with Gasteiger partial charge in [0, 0.05) is 35.8 Å². The molecule has 8 nitrogen and oxygen atoms in total. The summed E-state index contributed by atoms with van der Waals surface area (Å²) in [5.74, 6) is -2.09. The van der Waals surface area contributed by atoms with Crippen LogP contribution >= 0.6 is 0 Å². The Kier molecular flexibility index (Phi) is 5.41. The molecule has 0 bridgehead atoms. The van der Waals surface area contributed by atoms with Gasteiger partial charge in [0.15, 0.2) is 5.78 Å². The van der Waals surface area contributed by atoms with Crippen LogP contribution in [-0.4, -0.2) is 42.0 Å². The van der Waals surface area contributed by atoms with Gasteiger partial charge in [-0.25, -0.2) is 0 Å². The van der Waals surface area contributed by atoms with Crippen molar-refractivity contribution in [1.82, 2.24) is 0 Å². The smallest absolute Gasteiger partial charge is 0.293 e. The molecule has 1 aliphatic heterocycles. The second kappa shape index (κ2) is 7.77. The summed E-state index contributed by atoms with van der Waals surface area (Å²) in [5, 5.41) is 22.9. The van der Waals surface area contributed by atoms with Gasteiger partial charge in [0.1, 0.15) is 5.69 Å². The molecule has 0 aromatic heterocycles. The maximum absolute atomic E-state index is 12.8. The summed E-state index contributed by atoms with van der Waals surface area (Å²) >= 11 is 0. The van der Waals surface area contributed by atoms with Crippen LogP contribution in [0.3, 0.4) is 0 Å². The Bertz CT molecular complexity index is 932. The number of hydrogen-bond acceptors (Lipinski definition) is 7. The zero-order chi connectivity index (χ0) is 20.4. The molecule has 1 heterocycles. The van der Waals surface area contributed by atoms with Crippen LogP contribution in [0.25, 0.3) is 0 Å². The Labute approximate surface area is 161 Å². The maximum atomic E-state index is 12.8. The number of carboxylic acid groups (broad SMARTS) is 1. The molecule has 8 heteroatoms. The van der Waals surface area contributed by atoms with Crippen LogP contribution in [0, 0.1) is 10.1 Å². The second-order valence-electron chi connectivity index (χ2n) is 6.79. The molecule has 3 rings (SSSR count). The number of benzene rings is 2. The van der Waals surface area contributed by atoms with Crippen molar-refractivity contribution in [2.75, 3.05) is 18.0 Å². The summed E-state index contributed by atoms with van der Waals surface area (Å²) < 4.78 is 5.67. The molecule has 0 aliphatic carbocycles. The Morgan fingerprint density at radius 2 is 1.68 bits per heavy atom. The molecule has 1 saturated heterocycles. The minimum absolute atomic E-state index is 0.0403. The summed E-state index contributed by atoms with van der Waals surface area (Å²) in [5.41, 5.74) is -0.0958. The van der Waals surface area contributed by atoms with Gasteiger partial charge in [0.05, 0.1) is 23.1 Å². The van der Waals surface area contributed by atoms with Gasteiger partial charge in [-0.2, -0.15) is 0 Å². The molecule has 2 atom stereocenters. The zero-order valence-electron chi connectivity index (χ0n) is 15.5. The molecule has 1 aliphatic rings. The van der Waals surface area contributed by atoms with Crippen molar-refractivity contribution in [3.8, 4) is 0 Å². The minimum atomic E-state index is -1.48. The van der Waals surface area contributed by atoms with Gasteiger partial charge in [-0.15, -0.1) is 0 Å². The highest BCUT2D eigenvalue weighted by atomic mass is 16.6. The van der Waals surface area contributed by atoms with E-state index in [4.69, 9.17) is 4.74 Å². The zero-order valence-corrected chi connectivity index (χ0v) is 15.5. The number of aromatic carboxylic acids is 1. The molecule has 2 aromatic carbocycles. The SMILES string of the molecule is C[C@@H]1CN(c2ccc(C(=O)c3ccccc3C(=O)[O-])cc2[N+](=O)[O-])C[C@H](C)O1. The number of rotatable bonds is 5. The first-order valence-electron chi connectivity index (χ1n) is 8.82. The average molecular weight is 383 g/mol. The van der Waals surface area contributed by atoms with Gasteiger partial charge in [-0.1, -0.05) is 24.3 Å². The van der Waals surface area contributed by atoms with Crippen molar-refractivity contribution in [1.29, 1.82) is 0 Å². The topological polar surface area (TPSA) is 113 Å². The highest BCUT2D eigenvalue weighted by molar-refractivity contribution is 6.14. The van der Waals surface area contributed by atoms with Crippen molar-refractivity contribution in [3.63, 3.8) is 0 Å². The lowest BCUT2D eigenvalue weighted by Gasteiger charge is -2.36. The molecule has 0 unspecified atom stereocenters. The molecule has 0 spiro atoms. The highest BCUT2D eigenvalue weighted by Gasteiger charge is 2.28. The third-order valence-corrected chi connectivity index (χ3v) is 4.59. The van der Waals surface area contributed by atoms with E-state index in [1.165, 1.54) is 42.5 Å². The number of carboxylic acids is 1. The van der Waals surface area contributed by atoms with Gasteiger partial charge in [0.2, 0.25) is 0 Å². The first kappa shape index (κ1) is 19.5. The second-order valence-corrected chi connectivity index (χ2v) is 6.79. The molecule has 28 heavy (non-hydrogen) atoms. The largest absolute Gasteiger partial charge is 0.545 e. The fourth-order valence-electron chi connectivity index (χ4n) is 3.47. The lowest BCUT2D eigenvalue weighted by atomic mass is 9.97. The van der Waals surface area contributed by atoms with E-state index in [0.717, 1.165) is 0 Å². The standard InChI is InChI=1S/C20H20N2O6/c1-12-10-21(11-13(2)28-12)17-8-7-14(9-18(17)22(26)27)19(23)15-5-3-4-6-16(15)20(24)25/h3-9,12-13H,10-11H2,1-2H3,(H,24,25)/p-1/t12-,13+. The quantitative estimate of drug-likeness (QED) is 0.439. The molecule has 146 valence electrons. The summed E-state index contributed by atoms with van der Waals surface area (Å²) in [6, 6.07) is 9.82. The third-order valence-electron chi connectivity index (χ3n) is 4.59. The minimum Gasteiger partial charge on any atom is -0.545 e. The molecular formula is C20H19N2O6-. The van der Waals surface area contributed by atoms with E-state index >= 15 is 0 Å². The molecule has 0 saturated carbocycles. The van der Waals surface area contributed by atoms with Gasteiger partial charge < -0.3 is 19.5 Å². The summed E-state index contributed by atoms with van der Waals surface area (Å²) in [4.78, 5) is 37.0. The lowest BCUT2D eigenvalue weighted by Crippen LogP contribution is -2.45. The van der Waals surface area contributed by atoms with Gasteiger partial charge >= 0.3 is 0 Å². The van der Waals surface area contributed by atoms with Crippen LogP contribution in [0.5, 0.6) is 0 Å². The number of carbonyl (C=O) groups excluding carboxylic acids is 2. The van der Waals surface area contributed by atoms with E-state index in [1.54, 1.807) is 0 Å². The third kappa shape index (κ3) is 3.86. The lowest BCUT2D eigenvalue weighted by molar-refractivity contribution is -0.384. The van der Waals surface area contributed by atoms with Crippen LogP contribution < -0.4 is 10.0 Å². The Morgan fingerprint density at radius 3 is 2.25 bits per heavy atom. The number of anilines is 1. The van der Waals surface area contributed by atoms with Crippen LogP contribution in [0.2, 0.25) is 0 Å². The number of ether oxygens (including phenoxy) is 1. The monoisotopic (exact) mass is 383 g/mol. The van der Waals surface area contributed by atoms with E-state index in [0.29, 0.717) is 18.8 Å². The number of nitro groups is 1. The van der Waals surface area contributed by atoms with E-state index < -0.39 is 16.7 Å². The Balaban J connectivity index is 2.01. The van der Waals surface area contributed by atoms with Crippen molar-refractivity contribution in [3.05, 3.63) is 69.3 Å². The van der Waals surface area contributed by atoms with Gasteiger partial charge in [-0.05, 0) is 26.0 Å². The molecule has 0 N–H and O–H groups in total. The average Bonchev–Trinajstić information content (AvgIpc) is 2.66. The van der Waals surface area contributed by atoms with Crippen LogP contribution in [-0.2, 0) is 4.74 Å². The first-order chi connectivity index (χ1) is 13.3. The number of ketones is 1. The Morgan fingerprint density at radius 1 is 1.07 bits per heavy atom. The Hall–Kier alpha value is -3.26.